The number of nitrogens with zero attached hydrogens (tertiary/aromatic N) is 1. The van der Waals surface area contributed by atoms with Crippen LogP contribution in [0.25, 0.3) is 11.0 Å². The van der Waals surface area contributed by atoms with Gasteiger partial charge < -0.3 is 15.1 Å². The van der Waals surface area contributed by atoms with Gasteiger partial charge >= 0.3 is 0 Å². The second-order valence-electron chi connectivity index (χ2n) is 9.77. The fraction of sp³-hybridized carbons (Fsp3) is 0.290. The first-order valence-electron chi connectivity index (χ1n) is 12.7. The molecule has 0 aliphatic rings. The van der Waals surface area contributed by atoms with Gasteiger partial charge in [0.05, 0.1) is 11.4 Å². The number of aryl methyl sites for hydroxylation is 1. The van der Waals surface area contributed by atoms with Crippen LogP contribution in [0.15, 0.2) is 82.0 Å². The Morgan fingerprint density at radius 3 is 2.38 bits per heavy atom. The van der Waals surface area contributed by atoms with Crippen molar-refractivity contribution in [2.24, 2.45) is 11.7 Å². The second kappa shape index (κ2) is 11.8. The Balaban J connectivity index is 1.93. The summed E-state index contributed by atoms with van der Waals surface area (Å²) in [7, 11) is 0. The first kappa shape index (κ1) is 26.6. The van der Waals surface area contributed by atoms with Crippen molar-refractivity contribution < 1.29 is 9.21 Å². The molecule has 0 radical (unpaired) electrons. The predicted molar refractivity (Wildman–Crippen MR) is 150 cm³/mol. The highest BCUT2D eigenvalue weighted by atomic mass is 35.5. The molecule has 0 saturated carbocycles. The van der Waals surface area contributed by atoms with Gasteiger partial charge in [0, 0.05) is 35.2 Å². The van der Waals surface area contributed by atoms with E-state index in [0.29, 0.717) is 58.8 Å². The lowest BCUT2D eigenvalue weighted by atomic mass is 9.91. The lowest BCUT2D eigenvalue weighted by molar-refractivity contribution is 0.0587. The Morgan fingerprint density at radius 1 is 1.03 bits per heavy atom. The van der Waals surface area contributed by atoms with Crippen molar-refractivity contribution in [3.8, 4) is 0 Å². The molecule has 4 aromatic rings. The molecule has 1 atom stereocenters. The number of nitrogens with two attached hydrogens (primary N) is 1. The number of halogens is 1. The van der Waals surface area contributed by atoms with Crippen LogP contribution in [0.5, 0.6) is 0 Å². The van der Waals surface area contributed by atoms with Gasteiger partial charge in [-0.15, -0.1) is 0 Å². The molecule has 0 aliphatic heterocycles. The number of amides is 1. The van der Waals surface area contributed by atoms with E-state index in [2.05, 4.69) is 0 Å². The van der Waals surface area contributed by atoms with Crippen LogP contribution in [-0.4, -0.2) is 23.9 Å². The van der Waals surface area contributed by atoms with Gasteiger partial charge in [0.15, 0.2) is 5.43 Å². The Hall–Kier alpha value is -3.41. The smallest absolute Gasteiger partial charge is 0.254 e. The molecule has 37 heavy (non-hydrogen) atoms. The quantitative estimate of drug-likeness (QED) is 0.274. The number of fused-ring (bicyclic) bond motifs is 1. The number of carbonyl (C=O) groups is 1. The van der Waals surface area contributed by atoms with Crippen molar-refractivity contribution >= 4 is 28.5 Å². The molecule has 4 rings (SSSR count). The van der Waals surface area contributed by atoms with E-state index in [1.807, 2.05) is 80.3 Å². The molecule has 5 nitrogen and oxygen atoms in total. The van der Waals surface area contributed by atoms with Crippen LogP contribution >= 0.6 is 11.6 Å². The normalized spacial score (nSPS) is 12.2. The van der Waals surface area contributed by atoms with E-state index in [-0.39, 0.29) is 17.3 Å². The summed E-state index contributed by atoms with van der Waals surface area (Å²) in [5, 5.41) is 0.953. The summed E-state index contributed by atoms with van der Waals surface area (Å²) >= 11 is 6.27. The van der Waals surface area contributed by atoms with Crippen LogP contribution in [0.1, 0.15) is 59.1 Å². The molecule has 1 amide bonds. The first-order chi connectivity index (χ1) is 17.8. The minimum Gasteiger partial charge on any atom is -0.458 e. The van der Waals surface area contributed by atoms with Crippen LogP contribution in [0.4, 0.5) is 0 Å². The number of rotatable bonds is 9. The van der Waals surface area contributed by atoms with Gasteiger partial charge in [-0.2, -0.15) is 0 Å². The maximum absolute atomic E-state index is 13.9. The largest absolute Gasteiger partial charge is 0.458 e. The highest BCUT2D eigenvalue weighted by Crippen LogP contribution is 2.35. The van der Waals surface area contributed by atoms with E-state index in [1.54, 1.807) is 18.2 Å². The van der Waals surface area contributed by atoms with Gasteiger partial charge in [-0.25, -0.2) is 0 Å². The van der Waals surface area contributed by atoms with Crippen LogP contribution in [0, 0.1) is 12.8 Å². The van der Waals surface area contributed by atoms with Crippen molar-refractivity contribution in [3.05, 3.63) is 116 Å². The fourth-order valence-corrected chi connectivity index (χ4v) is 4.89. The van der Waals surface area contributed by atoms with E-state index in [1.165, 1.54) is 0 Å². The molecule has 192 valence electrons. The van der Waals surface area contributed by atoms with E-state index < -0.39 is 6.04 Å². The summed E-state index contributed by atoms with van der Waals surface area (Å²) in [5.74, 6) is 0.337. The van der Waals surface area contributed by atoms with Gasteiger partial charge in [0.2, 0.25) is 0 Å². The van der Waals surface area contributed by atoms with Crippen molar-refractivity contribution in [1.29, 1.82) is 0 Å². The number of carbonyl (C=O) groups excluding carboxylic acids is 1. The third kappa shape index (κ3) is 5.95. The summed E-state index contributed by atoms with van der Waals surface area (Å²) in [5.41, 5.74) is 9.38. The van der Waals surface area contributed by atoms with E-state index in [4.69, 9.17) is 21.8 Å². The standard InChI is InChI=1S/C31H33ClN2O3/c1-20(2)28(34(17-7-16-33)31(36)23-12-10-21(3)11-13-23)30-26(18-22-8-5-4-6-9-22)29(35)25-15-14-24(32)19-27(25)37-30/h4-6,8-15,19-20,28H,7,16-18,33H2,1-3H3/t28-/m0/s1. The minimum absolute atomic E-state index is 0.0403. The van der Waals surface area contributed by atoms with Crippen molar-refractivity contribution in [3.63, 3.8) is 0 Å². The molecular formula is C31H33ClN2O3. The fourth-order valence-electron chi connectivity index (χ4n) is 4.72. The molecule has 3 aromatic carbocycles. The van der Waals surface area contributed by atoms with Gasteiger partial charge in [-0.3, -0.25) is 9.59 Å². The Kier molecular flexibility index (Phi) is 8.47. The molecule has 0 aliphatic carbocycles. The molecule has 0 fully saturated rings. The number of benzene rings is 3. The highest BCUT2D eigenvalue weighted by molar-refractivity contribution is 6.31. The molecule has 6 heteroatoms. The van der Waals surface area contributed by atoms with E-state index in [9.17, 15) is 9.59 Å². The second-order valence-corrected chi connectivity index (χ2v) is 10.2. The number of hydrogen-bond acceptors (Lipinski definition) is 4. The highest BCUT2D eigenvalue weighted by Gasteiger charge is 2.33. The molecule has 0 spiro atoms. The maximum Gasteiger partial charge on any atom is 0.254 e. The minimum atomic E-state index is -0.477. The molecular weight excluding hydrogens is 484 g/mol. The molecule has 2 N–H and O–H groups in total. The molecule has 1 aromatic heterocycles. The Morgan fingerprint density at radius 2 is 1.73 bits per heavy atom. The SMILES string of the molecule is Cc1ccc(C(=O)N(CCCN)[C@H](c2oc3cc(Cl)ccc3c(=O)c2Cc2ccccc2)C(C)C)cc1. The van der Waals surface area contributed by atoms with Gasteiger partial charge in [-0.05, 0) is 55.6 Å². The average Bonchev–Trinajstić information content (AvgIpc) is 2.88. The van der Waals surface area contributed by atoms with Crippen LogP contribution in [-0.2, 0) is 6.42 Å². The predicted octanol–water partition coefficient (Wildman–Crippen LogP) is 6.53. The average molecular weight is 517 g/mol. The van der Waals surface area contributed by atoms with Crippen LogP contribution in [0.2, 0.25) is 5.02 Å². The van der Waals surface area contributed by atoms with Gasteiger partial charge in [-0.1, -0.05) is 73.5 Å². The third-order valence-electron chi connectivity index (χ3n) is 6.60. The van der Waals surface area contributed by atoms with Crippen LogP contribution in [0.3, 0.4) is 0 Å². The van der Waals surface area contributed by atoms with Gasteiger partial charge in [0.1, 0.15) is 11.3 Å². The summed E-state index contributed by atoms with van der Waals surface area (Å²) in [4.78, 5) is 29.6. The Bertz CT molecular complexity index is 1430. The lowest BCUT2D eigenvalue weighted by Crippen LogP contribution is -2.40. The molecule has 0 saturated heterocycles. The van der Waals surface area contributed by atoms with Crippen molar-refractivity contribution in [2.45, 2.75) is 39.7 Å². The maximum atomic E-state index is 13.9. The van der Waals surface area contributed by atoms with E-state index in [0.717, 1.165) is 11.1 Å². The number of hydrogen-bond donors (Lipinski definition) is 1. The van der Waals surface area contributed by atoms with Gasteiger partial charge in [0.25, 0.3) is 5.91 Å². The zero-order valence-corrected chi connectivity index (χ0v) is 22.3. The monoisotopic (exact) mass is 516 g/mol. The zero-order chi connectivity index (χ0) is 26.5. The summed E-state index contributed by atoms with van der Waals surface area (Å²) in [6.07, 6.45) is 1.02. The summed E-state index contributed by atoms with van der Waals surface area (Å²) in [6, 6.07) is 21.9. The first-order valence-corrected chi connectivity index (χ1v) is 13.0. The Labute approximate surface area is 222 Å². The zero-order valence-electron chi connectivity index (χ0n) is 21.5. The van der Waals surface area contributed by atoms with E-state index >= 15 is 0 Å². The van der Waals surface area contributed by atoms with Crippen LogP contribution < -0.4 is 11.2 Å². The van der Waals surface area contributed by atoms with Crippen molar-refractivity contribution in [1.82, 2.24) is 4.90 Å². The molecule has 0 unspecified atom stereocenters. The topological polar surface area (TPSA) is 76.5 Å². The summed E-state index contributed by atoms with van der Waals surface area (Å²) < 4.78 is 6.51. The summed E-state index contributed by atoms with van der Waals surface area (Å²) in [6.45, 7) is 6.95. The van der Waals surface area contributed by atoms with Crippen molar-refractivity contribution in [2.75, 3.05) is 13.1 Å². The molecule has 0 bridgehead atoms. The third-order valence-corrected chi connectivity index (χ3v) is 6.84. The lowest BCUT2D eigenvalue weighted by Gasteiger charge is -2.35. The molecule has 1 heterocycles.